The number of rotatable bonds is 4. The van der Waals surface area contributed by atoms with Crippen molar-refractivity contribution in [3.63, 3.8) is 0 Å². The van der Waals surface area contributed by atoms with Crippen LogP contribution in [0.25, 0.3) is 0 Å². The summed E-state index contributed by atoms with van der Waals surface area (Å²) in [4.78, 5) is 11.9. The van der Waals surface area contributed by atoms with E-state index >= 15 is 0 Å². The number of para-hydroxylation sites is 2. The number of amides is 1. The summed E-state index contributed by atoms with van der Waals surface area (Å²) in [5.74, 6) is 1.60. The number of nitrogens with zero attached hydrogens (tertiary/aromatic N) is 2. The molecule has 0 aliphatic rings. The van der Waals surface area contributed by atoms with Gasteiger partial charge in [-0.1, -0.05) is 32.9 Å². The molecule has 2 aromatic rings. The molecule has 0 atom stereocenters. The Kier molecular flexibility index (Phi) is 4.60. The van der Waals surface area contributed by atoms with Crippen LogP contribution in [0.4, 0.5) is 17.3 Å². The Hall–Kier alpha value is -2.63. The van der Waals surface area contributed by atoms with Gasteiger partial charge in [0.15, 0.2) is 11.6 Å². The number of anilines is 3. The van der Waals surface area contributed by atoms with E-state index in [1.54, 1.807) is 19.2 Å². The molecule has 0 fully saturated rings. The van der Waals surface area contributed by atoms with E-state index in [-0.39, 0.29) is 5.91 Å². The van der Waals surface area contributed by atoms with Gasteiger partial charge >= 0.3 is 0 Å². The van der Waals surface area contributed by atoms with Crippen LogP contribution in [0.2, 0.25) is 0 Å². The van der Waals surface area contributed by atoms with Crippen LogP contribution >= 0.6 is 0 Å². The third kappa shape index (κ3) is 3.94. The number of ether oxygens (including phenoxy) is 1. The van der Waals surface area contributed by atoms with Gasteiger partial charge in [0.1, 0.15) is 5.75 Å². The molecule has 1 amide bonds. The minimum atomic E-state index is -0.476. The number of carbonyl (C=O) groups is 1. The van der Waals surface area contributed by atoms with E-state index in [2.05, 4.69) is 20.8 Å². The molecule has 116 valence electrons. The zero-order valence-electron chi connectivity index (χ0n) is 13.2. The molecule has 6 heteroatoms. The Morgan fingerprint density at radius 1 is 1.05 bits per heavy atom. The van der Waals surface area contributed by atoms with Crippen LogP contribution < -0.4 is 15.4 Å². The number of hydrogen-bond acceptors (Lipinski definition) is 5. The molecule has 0 radical (unpaired) electrons. The third-order valence-electron chi connectivity index (χ3n) is 2.96. The summed E-state index contributed by atoms with van der Waals surface area (Å²) < 4.78 is 5.26. The number of carbonyl (C=O) groups excluding carboxylic acids is 1. The summed E-state index contributed by atoms with van der Waals surface area (Å²) in [6, 6.07) is 11.0. The number of aromatic nitrogens is 2. The van der Waals surface area contributed by atoms with Crippen molar-refractivity contribution in [2.75, 3.05) is 17.7 Å². The lowest BCUT2D eigenvalue weighted by Crippen LogP contribution is -2.28. The molecule has 0 saturated heterocycles. The van der Waals surface area contributed by atoms with Crippen LogP contribution in [-0.4, -0.2) is 23.2 Å². The molecule has 0 spiro atoms. The first-order chi connectivity index (χ1) is 10.4. The van der Waals surface area contributed by atoms with Crippen molar-refractivity contribution >= 4 is 23.2 Å². The van der Waals surface area contributed by atoms with E-state index < -0.39 is 5.41 Å². The lowest BCUT2D eigenvalue weighted by atomic mass is 9.96. The lowest BCUT2D eigenvalue weighted by Gasteiger charge is -2.17. The first-order valence-corrected chi connectivity index (χ1v) is 6.95. The van der Waals surface area contributed by atoms with Gasteiger partial charge in [0, 0.05) is 5.41 Å². The van der Waals surface area contributed by atoms with E-state index in [1.807, 2.05) is 45.0 Å². The number of methoxy groups -OCH3 is 1. The highest BCUT2D eigenvalue weighted by atomic mass is 16.5. The van der Waals surface area contributed by atoms with Gasteiger partial charge in [0.2, 0.25) is 5.91 Å². The topological polar surface area (TPSA) is 76.1 Å². The van der Waals surface area contributed by atoms with Crippen LogP contribution in [0, 0.1) is 5.41 Å². The van der Waals surface area contributed by atoms with Crippen LogP contribution in [0.1, 0.15) is 20.8 Å². The number of hydrogen-bond donors (Lipinski definition) is 2. The fourth-order valence-corrected chi connectivity index (χ4v) is 1.66. The SMILES string of the molecule is COc1ccccc1Nc1ccc(NC(=O)C(C)(C)C)nn1. The summed E-state index contributed by atoms with van der Waals surface area (Å²) in [6.07, 6.45) is 0. The van der Waals surface area contributed by atoms with Gasteiger partial charge in [-0.3, -0.25) is 4.79 Å². The molecule has 1 aromatic heterocycles. The minimum Gasteiger partial charge on any atom is -0.495 e. The van der Waals surface area contributed by atoms with Crippen molar-refractivity contribution in [3.05, 3.63) is 36.4 Å². The van der Waals surface area contributed by atoms with E-state index in [9.17, 15) is 4.79 Å². The summed E-state index contributed by atoms with van der Waals surface area (Å²) in [5.41, 5.74) is 0.321. The Morgan fingerprint density at radius 3 is 2.27 bits per heavy atom. The monoisotopic (exact) mass is 300 g/mol. The minimum absolute atomic E-state index is 0.104. The predicted molar refractivity (Wildman–Crippen MR) is 86.4 cm³/mol. The summed E-state index contributed by atoms with van der Waals surface area (Å²) in [6.45, 7) is 5.52. The van der Waals surface area contributed by atoms with E-state index in [1.165, 1.54) is 0 Å². The number of nitrogens with one attached hydrogen (secondary N) is 2. The van der Waals surface area contributed by atoms with Gasteiger partial charge in [0.05, 0.1) is 12.8 Å². The molecule has 0 bridgehead atoms. The standard InChI is InChI=1S/C16H20N4O2/c1-16(2,3)15(21)18-14-10-9-13(19-20-14)17-11-7-5-6-8-12(11)22-4/h5-10H,1-4H3,(H,17,19)(H,18,20,21). The van der Waals surface area contributed by atoms with Crippen LogP contribution in [0.15, 0.2) is 36.4 Å². The normalized spacial score (nSPS) is 10.9. The van der Waals surface area contributed by atoms with Crippen molar-refractivity contribution in [2.24, 2.45) is 5.41 Å². The Bertz CT molecular complexity index is 648. The molecule has 2 N–H and O–H groups in total. The van der Waals surface area contributed by atoms with E-state index in [0.29, 0.717) is 11.6 Å². The van der Waals surface area contributed by atoms with Gasteiger partial charge in [-0.05, 0) is 24.3 Å². The molecule has 2 rings (SSSR count). The second-order valence-electron chi connectivity index (χ2n) is 5.83. The van der Waals surface area contributed by atoms with Crippen molar-refractivity contribution < 1.29 is 9.53 Å². The van der Waals surface area contributed by atoms with Crippen LogP contribution in [0.3, 0.4) is 0 Å². The Labute approximate surface area is 129 Å². The molecular weight excluding hydrogens is 280 g/mol. The first kappa shape index (κ1) is 15.8. The molecule has 0 saturated carbocycles. The third-order valence-corrected chi connectivity index (χ3v) is 2.96. The predicted octanol–water partition coefficient (Wildman–Crippen LogP) is 3.21. The molecule has 22 heavy (non-hydrogen) atoms. The average molecular weight is 300 g/mol. The van der Waals surface area contributed by atoms with Gasteiger partial charge in [-0.15, -0.1) is 10.2 Å². The van der Waals surface area contributed by atoms with E-state index in [0.717, 1.165) is 11.4 Å². The largest absolute Gasteiger partial charge is 0.495 e. The molecule has 0 aliphatic carbocycles. The van der Waals surface area contributed by atoms with Crippen molar-refractivity contribution in [1.29, 1.82) is 0 Å². The van der Waals surface area contributed by atoms with Gasteiger partial charge in [0.25, 0.3) is 0 Å². The molecule has 1 heterocycles. The zero-order valence-corrected chi connectivity index (χ0v) is 13.2. The summed E-state index contributed by atoms with van der Waals surface area (Å²) in [7, 11) is 1.61. The van der Waals surface area contributed by atoms with Crippen molar-refractivity contribution in [2.45, 2.75) is 20.8 Å². The highest BCUT2D eigenvalue weighted by Crippen LogP contribution is 2.26. The quantitative estimate of drug-likeness (QED) is 0.906. The average Bonchev–Trinajstić information content (AvgIpc) is 2.49. The fraction of sp³-hybridized carbons (Fsp3) is 0.312. The zero-order chi connectivity index (χ0) is 16.2. The van der Waals surface area contributed by atoms with Crippen LogP contribution in [0.5, 0.6) is 5.75 Å². The molecular formula is C16H20N4O2. The molecule has 0 unspecified atom stereocenters. The second-order valence-corrected chi connectivity index (χ2v) is 5.83. The van der Waals surface area contributed by atoms with Crippen molar-refractivity contribution in [3.8, 4) is 5.75 Å². The number of benzene rings is 1. The van der Waals surface area contributed by atoms with E-state index in [4.69, 9.17) is 4.74 Å². The summed E-state index contributed by atoms with van der Waals surface area (Å²) >= 11 is 0. The Balaban J connectivity index is 2.08. The highest BCUT2D eigenvalue weighted by molar-refractivity contribution is 5.93. The maximum atomic E-state index is 11.9. The van der Waals surface area contributed by atoms with Crippen LogP contribution in [-0.2, 0) is 4.79 Å². The maximum Gasteiger partial charge on any atom is 0.230 e. The van der Waals surface area contributed by atoms with Crippen molar-refractivity contribution in [1.82, 2.24) is 10.2 Å². The van der Waals surface area contributed by atoms with Gasteiger partial charge in [-0.25, -0.2) is 0 Å². The molecule has 6 nitrogen and oxygen atoms in total. The lowest BCUT2D eigenvalue weighted by molar-refractivity contribution is -0.123. The first-order valence-electron chi connectivity index (χ1n) is 6.95. The van der Waals surface area contributed by atoms with Gasteiger partial charge in [-0.2, -0.15) is 0 Å². The van der Waals surface area contributed by atoms with Gasteiger partial charge < -0.3 is 15.4 Å². The summed E-state index contributed by atoms with van der Waals surface area (Å²) in [5, 5.41) is 13.9. The Morgan fingerprint density at radius 2 is 1.68 bits per heavy atom. The highest BCUT2D eigenvalue weighted by Gasteiger charge is 2.21. The maximum absolute atomic E-state index is 11.9. The molecule has 1 aromatic carbocycles. The fourth-order valence-electron chi connectivity index (χ4n) is 1.66. The smallest absolute Gasteiger partial charge is 0.230 e. The molecule has 0 aliphatic heterocycles. The second kappa shape index (κ2) is 6.43.